The van der Waals surface area contributed by atoms with Crippen molar-refractivity contribution in [2.24, 2.45) is 0 Å². The molecule has 1 fully saturated rings. The molecule has 6 nitrogen and oxygen atoms in total. The highest BCUT2D eigenvalue weighted by molar-refractivity contribution is 7.96. The first-order chi connectivity index (χ1) is 10.1. The maximum Gasteiger partial charge on any atom is 0.534 e. The van der Waals surface area contributed by atoms with E-state index in [0.29, 0.717) is 10.8 Å². The second-order valence-electron chi connectivity index (χ2n) is 4.43. The van der Waals surface area contributed by atoms with E-state index in [1.807, 2.05) is 30.3 Å². The van der Waals surface area contributed by atoms with Gasteiger partial charge in [-0.25, -0.2) is 4.79 Å². The van der Waals surface area contributed by atoms with Crippen molar-refractivity contribution in [3.8, 4) is 0 Å². The third-order valence-corrected chi connectivity index (χ3v) is 4.78. The molecule has 1 aromatic carbocycles. The zero-order valence-corrected chi connectivity index (χ0v) is 12.4. The number of carbonyl (C=O) groups excluding carboxylic acids is 3. The van der Waals surface area contributed by atoms with Gasteiger partial charge in [0.25, 0.3) is 11.8 Å². The van der Waals surface area contributed by atoms with E-state index in [0.717, 1.165) is 0 Å². The van der Waals surface area contributed by atoms with Crippen molar-refractivity contribution >= 4 is 28.9 Å². The lowest BCUT2D eigenvalue weighted by Gasteiger charge is -2.12. The van der Waals surface area contributed by atoms with Gasteiger partial charge in [0.15, 0.2) is 4.90 Å². The van der Waals surface area contributed by atoms with E-state index in [1.54, 1.807) is 0 Å². The van der Waals surface area contributed by atoms with E-state index in [4.69, 9.17) is 4.74 Å². The number of benzene rings is 1. The average molecular weight is 310 g/mol. The Labute approximate surface area is 125 Å². The maximum absolute atomic E-state index is 11.4. The highest BCUT2D eigenvalue weighted by Gasteiger charge is 2.33. The minimum absolute atomic E-state index is 0.0480. The van der Waals surface area contributed by atoms with Crippen molar-refractivity contribution in [3.05, 3.63) is 30.3 Å². The van der Waals surface area contributed by atoms with Crippen LogP contribution in [0.25, 0.3) is 0 Å². The minimum Gasteiger partial charge on any atom is -0.428 e. The largest absolute Gasteiger partial charge is 0.534 e. The molecular weight excluding hydrogens is 294 g/mol. The fourth-order valence-electron chi connectivity index (χ4n) is 1.78. The first kappa shape index (κ1) is 15.4. The molecule has 1 saturated heterocycles. The Hall–Kier alpha value is -2.02. The van der Waals surface area contributed by atoms with Crippen LogP contribution in [0.3, 0.4) is 0 Å². The average Bonchev–Trinajstić information content (AvgIpc) is 2.80. The number of hydroxylamine groups is 2. The summed E-state index contributed by atoms with van der Waals surface area (Å²) in [6.07, 6.45) is 1.16. The molecule has 21 heavy (non-hydrogen) atoms. The van der Waals surface area contributed by atoms with Gasteiger partial charge in [-0.15, -0.1) is 0 Å². The van der Waals surface area contributed by atoms with Gasteiger partial charge in [0.05, 0.1) is 0 Å². The van der Waals surface area contributed by atoms with Crippen LogP contribution in [0.4, 0.5) is 4.79 Å². The van der Waals surface area contributed by atoms with Crippen LogP contribution >= 0.6 is 0 Å². The summed E-state index contributed by atoms with van der Waals surface area (Å²) in [7, 11) is -0.0480. The van der Waals surface area contributed by atoms with Gasteiger partial charge in [-0.3, -0.25) is 14.4 Å². The summed E-state index contributed by atoms with van der Waals surface area (Å²) in [4.78, 5) is 39.7. The number of rotatable bonds is 5. The molecule has 1 aliphatic heterocycles. The molecule has 1 aromatic rings. The van der Waals surface area contributed by atoms with Gasteiger partial charge in [0.2, 0.25) is 0 Å². The molecular formula is C14H16NO5S+. The predicted molar refractivity (Wildman–Crippen MR) is 76.4 cm³/mol. The molecule has 0 radical (unpaired) electrons. The van der Waals surface area contributed by atoms with Crippen LogP contribution in [0, 0.1) is 0 Å². The predicted octanol–water partition coefficient (Wildman–Crippen LogP) is 1.51. The molecule has 2 rings (SSSR count). The van der Waals surface area contributed by atoms with Gasteiger partial charge in [-0.2, -0.15) is 0 Å². The molecule has 1 atom stereocenters. The fraction of sp³-hybridized carbons (Fsp3) is 0.357. The van der Waals surface area contributed by atoms with Crippen LogP contribution in [0.15, 0.2) is 35.2 Å². The zero-order chi connectivity index (χ0) is 15.2. The highest BCUT2D eigenvalue weighted by Crippen LogP contribution is 2.13. The van der Waals surface area contributed by atoms with Crippen molar-refractivity contribution in [1.29, 1.82) is 0 Å². The molecule has 0 spiro atoms. The molecule has 0 aromatic heterocycles. The van der Waals surface area contributed by atoms with Crippen molar-refractivity contribution in [2.75, 3.05) is 18.6 Å². The number of imide groups is 1. The van der Waals surface area contributed by atoms with Gasteiger partial charge >= 0.3 is 6.16 Å². The number of nitrogens with zero attached hydrogens (tertiary/aromatic N) is 1. The molecule has 1 unspecified atom stereocenters. The molecule has 0 N–H and O–H groups in total. The summed E-state index contributed by atoms with van der Waals surface area (Å²) in [5, 5.41) is 0.477. The molecule has 2 amide bonds. The van der Waals surface area contributed by atoms with Gasteiger partial charge in [0, 0.05) is 23.7 Å². The number of ether oxygens (including phenoxy) is 1. The Kier molecular flexibility index (Phi) is 5.21. The molecule has 112 valence electrons. The van der Waals surface area contributed by atoms with Crippen molar-refractivity contribution in [1.82, 2.24) is 5.06 Å². The summed E-state index contributed by atoms with van der Waals surface area (Å²) in [5.74, 6) is -0.381. The van der Waals surface area contributed by atoms with E-state index >= 15 is 0 Å². The first-order valence-corrected chi connectivity index (χ1v) is 8.26. The van der Waals surface area contributed by atoms with E-state index in [2.05, 4.69) is 11.1 Å². The third-order valence-electron chi connectivity index (χ3n) is 2.93. The lowest BCUT2D eigenvalue weighted by molar-refractivity contribution is -0.176. The van der Waals surface area contributed by atoms with E-state index in [-0.39, 0.29) is 30.3 Å². The number of amides is 2. The van der Waals surface area contributed by atoms with Crippen molar-refractivity contribution < 1.29 is 24.0 Å². The van der Waals surface area contributed by atoms with Gasteiger partial charge in [0.1, 0.15) is 18.6 Å². The quantitative estimate of drug-likeness (QED) is 0.468. The van der Waals surface area contributed by atoms with Crippen LogP contribution in [0.5, 0.6) is 0 Å². The normalized spacial score (nSPS) is 16.0. The molecule has 1 heterocycles. The maximum atomic E-state index is 11.4. The monoisotopic (exact) mass is 310 g/mol. The van der Waals surface area contributed by atoms with E-state index in [9.17, 15) is 14.4 Å². The molecule has 1 aliphatic rings. The topological polar surface area (TPSA) is 72.9 Å². The Morgan fingerprint density at radius 3 is 2.43 bits per heavy atom. The Bertz CT molecular complexity index is 517. The Balaban J connectivity index is 1.72. The number of hydrogen-bond donors (Lipinski definition) is 0. The van der Waals surface area contributed by atoms with E-state index < -0.39 is 18.0 Å². The van der Waals surface area contributed by atoms with Crippen LogP contribution in [0.2, 0.25) is 0 Å². The first-order valence-electron chi connectivity index (χ1n) is 6.46. The van der Waals surface area contributed by atoms with Crippen LogP contribution in [-0.4, -0.2) is 41.6 Å². The number of hydrogen-bond acceptors (Lipinski definition) is 5. The Morgan fingerprint density at radius 1 is 1.19 bits per heavy atom. The summed E-state index contributed by atoms with van der Waals surface area (Å²) < 4.78 is 4.89. The van der Waals surface area contributed by atoms with Gasteiger partial charge in [-0.1, -0.05) is 23.3 Å². The number of carbonyl (C=O) groups is 3. The summed E-state index contributed by atoms with van der Waals surface area (Å²) in [6.45, 7) is 0.170. The van der Waals surface area contributed by atoms with Crippen molar-refractivity contribution in [3.63, 3.8) is 0 Å². The second kappa shape index (κ2) is 7.12. The van der Waals surface area contributed by atoms with Crippen LogP contribution in [-0.2, 0) is 30.1 Å². The second-order valence-corrected chi connectivity index (χ2v) is 6.58. The van der Waals surface area contributed by atoms with E-state index in [1.165, 1.54) is 4.90 Å². The fourth-order valence-corrected chi connectivity index (χ4v) is 2.97. The minimum atomic E-state index is -1.02. The lowest BCUT2D eigenvalue weighted by Crippen LogP contribution is -2.32. The summed E-state index contributed by atoms with van der Waals surface area (Å²) >= 11 is 0. The standard InChI is InChI=1S/C14H16NO5S/c1-21(11-5-3-2-4-6-11)10-9-19-14(18)20-15-12(16)7-8-13(15)17/h2-6H,7-10H2,1H3/q+1. The molecule has 0 saturated carbocycles. The summed E-state index contributed by atoms with van der Waals surface area (Å²) in [5.41, 5.74) is 0. The smallest absolute Gasteiger partial charge is 0.428 e. The van der Waals surface area contributed by atoms with Gasteiger partial charge < -0.3 is 4.74 Å². The van der Waals surface area contributed by atoms with Crippen molar-refractivity contribution in [2.45, 2.75) is 17.7 Å². The molecule has 0 bridgehead atoms. The van der Waals surface area contributed by atoms with Crippen LogP contribution < -0.4 is 0 Å². The van der Waals surface area contributed by atoms with Gasteiger partial charge in [-0.05, 0) is 12.1 Å². The molecule has 7 heteroatoms. The summed E-state index contributed by atoms with van der Waals surface area (Å²) in [6, 6.07) is 9.89. The highest BCUT2D eigenvalue weighted by atomic mass is 32.2. The zero-order valence-electron chi connectivity index (χ0n) is 11.6. The Morgan fingerprint density at radius 2 is 1.81 bits per heavy atom. The SMILES string of the molecule is C[S+](CCOC(=O)ON1C(=O)CCC1=O)c1ccccc1. The molecule has 0 aliphatic carbocycles. The van der Waals surface area contributed by atoms with Crippen LogP contribution in [0.1, 0.15) is 12.8 Å². The third kappa shape index (κ3) is 4.22. The lowest BCUT2D eigenvalue weighted by atomic mass is 10.4.